The van der Waals surface area contributed by atoms with E-state index in [-0.39, 0.29) is 12.2 Å². The number of fused-ring (bicyclic) bond motifs is 1. The third-order valence-electron chi connectivity index (χ3n) is 2.45. The highest BCUT2D eigenvalue weighted by molar-refractivity contribution is 6.30. The molecule has 1 N–H and O–H groups in total. The fourth-order valence-electron chi connectivity index (χ4n) is 1.66. The molecule has 0 radical (unpaired) electrons. The smallest absolute Gasteiger partial charge is 0.261 e. The number of rotatable bonds is 2. The van der Waals surface area contributed by atoms with E-state index >= 15 is 0 Å². The molecule has 2 rings (SSSR count). The zero-order valence-electron chi connectivity index (χ0n) is 8.77. The van der Waals surface area contributed by atoms with E-state index in [0.717, 1.165) is 0 Å². The normalized spacial score (nSPS) is 10.9. The molecule has 0 aliphatic carbocycles. The van der Waals surface area contributed by atoms with Crippen molar-refractivity contribution in [3.63, 3.8) is 0 Å². The van der Waals surface area contributed by atoms with Gasteiger partial charge >= 0.3 is 0 Å². The second-order valence-electron chi connectivity index (χ2n) is 3.53. The first-order valence-corrected chi connectivity index (χ1v) is 5.29. The summed E-state index contributed by atoms with van der Waals surface area (Å²) in [5, 5.41) is 9.37. The molecule has 84 valence electrons. The fourth-order valence-corrected chi connectivity index (χ4v) is 1.82. The standard InChI is InChI=1S/C11H11ClN2O2/c1-7-9(4-5-15)11(16)14-6-8(12)2-3-10(14)13-7/h2-3,6,15H,4-5H2,1H3. The molecule has 5 heteroatoms. The first-order valence-electron chi connectivity index (χ1n) is 4.91. The number of hydrogen-bond donors (Lipinski definition) is 1. The van der Waals surface area contributed by atoms with Crippen molar-refractivity contribution in [2.75, 3.05) is 6.61 Å². The largest absolute Gasteiger partial charge is 0.396 e. The van der Waals surface area contributed by atoms with Gasteiger partial charge in [0.25, 0.3) is 5.56 Å². The van der Waals surface area contributed by atoms with Crippen LogP contribution in [0.3, 0.4) is 0 Å². The molecule has 2 aromatic heterocycles. The van der Waals surface area contributed by atoms with Gasteiger partial charge in [-0.2, -0.15) is 0 Å². The third kappa shape index (κ3) is 1.81. The maximum absolute atomic E-state index is 12.0. The van der Waals surface area contributed by atoms with E-state index in [1.54, 1.807) is 19.1 Å². The average molecular weight is 239 g/mol. The lowest BCUT2D eigenvalue weighted by atomic mass is 10.2. The number of hydrogen-bond acceptors (Lipinski definition) is 3. The highest BCUT2D eigenvalue weighted by Crippen LogP contribution is 2.10. The highest BCUT2D eigenvalue weighted by Gasteiger charge is 2.08. The van der Waals surface area contributed by atoms with Crippen molar-refractivity contribution >= 4 is 17.2 Å². The molecule has 16 heavy (non-hydrogen) atoms. The van der Waals surface area contributed by atoms with Gasteiger partial charge in [0.1, 0.15) is 5.65 Å². The zero-order chi connectivity index (χ0) is 11.7. The van der Waals surface area contributed by atoms with Gasteiger partial charge in [0, 0.05) is 30.5 Å². The lowest BCUT2D eigenvalue weighted by molar-refractivity contribution is 0.298. The number of aliphatic hydroxyl groups excluding tert-OH is 1. The van der Waals surface area contributed by atoms with Gasteiger partial charge in [0.05, 0.1) is 5.02 Å². The van der Waals surface area contributed by atoms with E-state index in [1.807, 2.05) is 0 Å². The van der Waals surface area contributed by atoms with Crippen LogP contribution in [0.25, 0.3) is 5.65 Å². The molecule has 0 saturated heterocycles. The van der Waals surface area contributed by atoms with Gasteiger partial charge in [-0.3, -0.25) is 9.20 Å². The zero-order valence-corrected chi connectivity index (χ0v) is 9.53. The van der Waals surface area contributed by atoms with Crippen LogP contribution in [0.1, 0.15) is 11.3 Å². The van der Waals surface area contributed by atoms with Crippen LogP contribution < -0.4 is 5.56 Å². The molecule has 0 aliphatic rings. The molecular formula is C11H11ClN2O2. The van der Waals surface area contributed by atoms with Gasteiger partial charge in [-0.1, -0.05) is 11.6 Å². The molecule has 4 nitrogen and oxygen atoms in total. The minimum Gasteiger partial charge on any atom is -0.396 e. The van der Waals surface area contributed by atoms with Crippen LogP contribution in [0.4, 0.5) is 0 Å². The number of aliphatic hydroxyl groups is 1. The Kier molecular flexibility index (Phi) is 2.94. The highest BCUT2D eigenvalue weighted by atomic mass is 35.5. The predicted molar refractivity (Wildman–Crippen MR) is 62.0 cm³/mol. The molecule has 2 aromatic rings. The van der Waals surface area contributed by atoms with E-state index in [4.69, 9.17) is 16.7 Å². The van der Waals surface area contributed by atoms with Crippen LogP contribution in [-0.4, -0.2) is 21.1 Å². The number of aromatic nitrogens is 2. The summed E-state index contributed by atoms with van der Waals surface area (Å²) in [6.45, 7) is 1.70. The van der Waals surface area contributed by atoms with Crippen LogP contribution >= 0.6 is 11.6 Å². The molecule has 0 bridgehead atoms. The minimum atomic E-state index is -0.168. The van der Waals surface area contributed by atoms with Crippen molar-refractivity contribution in [1.82, 2.24) is 9.38 Å². The van der Waals surface area contributed by atoms with Gasteiger partial charge < -0.3 is 5.11 Å². The minimum absolute atomic E-state index is 0.0651. The van der Waals surface area contributed by atoms with Crippen LogP contribution in [-0.2, 0) is 6.42 Å². The Bertz CT molecular complexity index is 592. The maximum Gasteiger partial charge on any atom is 0.261 e. The lowest BCUT2D eigenvalue weighted by Gasteiger charge is -2.06. The van der Waals surface area contributed by atoms with Crippen LogP contribution in [0.2, 0.25) is 5.02 Å². The van der Waals surface area contributed by atoms with Crippen molar-refractivity contribution in [1.29, 1.82) is 0 Å². The van der Waals surface area contributed by atoms with Gasteiger partial charge in [0.2, 0.25) is 0 Å². The van der Waals surface area contributed by atoms with E-state index in [2.05, 4.69) is 4.98 Å². The van der Waals surface area contributed by atoms with Crippen molar-refractivity contribution < 1.29 is 5.11 Å². The average Bonchev–Trinajstić information content (AvgIpc) is 2.26. The van der Waals surface area contributed by atoms with Crippen molar-refractivity contribution in [2.45, 2.75) is 13.3 Å². The number of aryl methyl sites for hydroxylation is 1. The van der Waals surface area contributed by atoms with Crippen molar-refractivity contribution in [2.24, 2.45) is 0 Å². The van der Waals surface area contributed by atoms with Gasteiger partial charge in [-0.15, -0.1) is 0 Å². The maximum atomic E-state index is 12.0. The quantitative estimate of drug-likeness (QED) is 0.855. The molecule has 0 amide bonds. The third-order valence-corrected chi connectivity index (χ3v) is 2.67. The summed E-state index contributed by atoms with van der Waals surface area (Å²) < 4.78 is 1.40. The van der Waals surface area contributed by atoms with Gasteiger partial charge in [-0.05, 0) is 19.1 Å². The lowest BCUT2D eigenvalue weighted by Crippen LogP contribution is -2.22. The van der Waals surface area contributed by atoms with Crippen molar-refractivity contribution in [3.8, 4) is 0 Å². The van der Waals surface area contributed by atoms with E-state index in [9.17, 15) is 4.79 Å². The SMILES string of the molecule is Cc1nc2ccc(Cl)cn2c(=O)c1CCO. The Morgan fingerprint density at radius 3 is 2.94 bits per heavy atom. The Labute approximate surface area is 97.1 Å². The number of pyridine rings is 1. The summed E-state index contributed by atoms with van der Waals surface area (Å²) in [5.41, 5.74) is 1.58. The summed E-state index contributed by atoms with van der Waals surface area (Å²) in [4.78, 5) is 16.3. The summed E-state index contributed by atoms with van der Waals surface area (Å²) >= 11 is 5.82. The second-order valence-corrected chi connectivity index (χ2v) is 3.97. The Morgan fingerprint density at radius 1 is 1.50 bits per heavy atom. The topological polar surface area (TPSA) is 54.6 Å². The Balaban J connectivity index is 2.80. The summed E-state index contributed by atoms with van der Waals surface area (Å²) in [5.74, 6) is 0. The number of nitrogens with zero attached hydrogens (tertiary/aromatic N) is 2. The second kappa shape index (κ2) is 4.23. The molecule has 0 aromatic carbocycles. The van der Waals surface area contributed by atoms with E-state index in [0.29, 0.717) is 28.3 Å². The summed E-state index contributed by atoms with van der Waals surface area (Å²) in [6.07, 6.45) is 1.85. The monoisotopic (exact) mass is 238 g/mol. The van der Waals surface area contributed by atoms with E-state index in [1.165, 1.54) is 10.6 Å². The van der Waals surface area contributed by atoms with Crippen molar-refractivity contribution in [3.05, 3.63) is 45.0 Å². The Hall–Kier alpha value is -1.39. The first-order chi connectivity index (χ1) is 7.63. The molecular weight excluding hydrogens is 228 g/mol. The summed E-state index contributed by atoms with van der Waals surface area (Å²) in [7, 11) is 0. The summed E-state index contributed by atoms with van der Waals surface area (Å²) in [6, 6.07) is 3.38. The fraction of sp³-hybridized carbons (Fsp3) is 0.273. The molecule has 0 atom stereocenters. The molecule has 0 aliphatic heterocycles. The molecule has 0 spiro atoms. The van der Waals surface area contributed by atoms with Gasteiger partial charge in [0.15, 0.2) is 0 Å². The first kappa shape index (κ1) is 11.1. The van der Waals surface area contributed by atoms with Crippen LogP contribution in [0.15, 0.2) is 23.1 Å². The molecule has 0 saturated carbocycles. The molecule has 0 unspecified atom stereocenters. The predicted octanol–water partition coefficient (Wildman–Crippen LogP) is 1.19. The van der Waals surface area contributed by atoms with E-state index < -0.39 is 0 Å². The van der Waals surface area contributed by atoms with Crippen LogP contribution in [0, 0.1) is 6.92 Å². The number of halogens is 1. The Morgan fingerprint density at radius 2 is 2.25 bits per heavy atom. The molecule has 2 heterocycles. The van der Waals surface area contributed by atoms with Gasteiger partial charge in [-0.25, -0.2) is 4.98 Å². The molecule has 0 fully saturated rings. The van der Waals surface area contributed by atoms with Crippen LogP contribution in [0.5, 0.6) is 0 Å².